The van der Waals surface area contributed by atoms with Gasteiger partial charge in [-0.3, -0.25) is 9.20 Å². The van der Waals surface area contributed by atoms with Gasteiger partial charge in [0, 0.05) is 35.6 Å². The predicted molar refractivity (Wildman–Crippen MR) is 111 cm³/mol. The number of carbonyl (C=O) groups is 1. The molecule has 2 aromatic carbocycles. The van der Waals surface area contributed by atoms with Crippen LogP contribution in [0.25, 0.3) is 16.2 Å². The second-order valence-corrected chi connectivity index (χ2v) is 7.36. The normalized spacial score (nSPS) is 11.0. The lowest BCUT2D eigenvalue weighted by Crippen LogP contribution is -2.28. The Balaban J connectivity index is 1.57. The van der Waals surface area contributed by atoms with E-state index in [1.54, 1.807) is 16.2 Å². The van der Waals surface area contributed by atoms with E-state index < -0.39 is 0 Å². The summed E-state index contributed by atoms with van der Waals surface area (Å²) in [5, 5.41) is 2.02. The molecule has 4 aromatic rings. The number of hydrogen-bond acceptors (Lipinski definition) is 3. The number of amides is 1. The number of likely N-dealkylation sites (N-methyl/N-ethyl adjacent to an activating group) is 1. The maximum Gasteiger partial charge on any atom is 0.232 e. The lowest BCUT2D eigenvalue weighted by molar-refractivity contribution is -0.117. The van der Waals surface area contributed by atoms with Gasteiger partial charge in [-0.15, -0.1) is 11.3 Å². The number of imidazole rings is 1. The Morgan fingerprint density at radius 3 is 2.56 bits per heavy atom. The molecule has 0 aliphatic heterocycles. The zero-order valence-electron chi connectivity index (χ0n) is 15.4. The van der Waals surface area contributed by atoms with Gasteiger partial charge in [-0.1, -0.05) is 49.4 Å². The minimum atomic E-state index is 0.0587. The van der Waals surface area contributed by atoms with E-state index in [9.17, 15) is 4.79 Å². The van der Waals surface area contributed by atoms with E-state index >= 15 is 0 Å². The number of thiazole rings is 1. The first kappa shape index (κ1) is 17.5. The fraction of sp³-hybridized carbons (Fsp3) is 0.182. The summed E-state index contributed by atoms with van der Waals surface area (Å²) in [7, 11) is 1.82. The highest BCUT2D eigenvalue weighted by atomic mass is 32.1. The second-order valence-electron chi connectivity index (χ2n) is 6.52. The van der Waals surface area contributed by atoms with Crippen LogP contribution in [0.3, 0.4) is 0 Å². The third-order valence-electron chi connectivity index (χ3n) is 4.79. The molecule has 5 heteroatoms. The molecule has 0 spiro atoms. The Morgan fingerprint density at radius 1 is 1.11 bits per heavy atom. The Kier molecular flexibility index (Phi) is 4.77. The molecule has 0 fully saturated rings. The molecule has 0 aliphatic rings. The molecule has 0 N–H and O–H groups in total. The molecule has 136 valence electrons. The molecule has 0 radical (unpaired) electrons. The summed E-state index contributed by atoms with van der Waals surface area (Å²) in [4.78, 5) is 20.0. The van der Waals surface area contributed by atoms with Gasteiger partial charge >= 0.3 is 0 Å². The molecule has 2 heterocycles. The summed E-state index contributed by atoms with van der Waals surface area (Å²) in [5.74, 6) is 0.0587. The fourth-order valence-corrected chi connectivity index (χ4v) is 3.95. The summed E-state index contributed by atoms with van der Waals surface area (Å²) in [6.45, 7) is 2.15. The largest absolute Gasteiger partial charge is 0.315 e. The number of hydrogen-bond donors (Lipinski definition) is 0. The molecular weight excluding hydrogens is 354 g/mol. The van der Waals surface area contributed by atoms with Crippen molar-refractivity contribution in [3.63, 3.8) is 0 Å². The van der Waals surface area contributed by atoms with Crippen LogP contribution in [-0.2, 0) is 17.6 Å². The highest BCUT2D eigenvalue weighted by Crippen LogP contribution is 2.25. The van der Waals surface area contributed by atoms with E-state index in [1.807, 2.05) is 53.4 Å². The van der Waals surface area contributed by atoms with E-state index in [-0.39, 0.29) is 5.91 Å². The van der Waals surface area contributed by atoms with Crippen LogP contribution in [0.1, 0.15) is 18.2 Å². The summed E-state index contributed by atoms with van der Waals surface area (Å²) in [6.07, 6.45) is 3.40. The molecular formula is C22H21N3OS. The topological polar surface area (TPSA) is 37.6 Å². The number of carbonyl (C=O) groups excluding carboxylic acids is 1. The van der Waals surface area contributed by atoms with Crippen molar-refractivity contribution in [3.8, 4) is 11.3 Å². The van der Waals surface area contributed by atoms with Crippen molar-refractivity contribution in [1.29, 1.82) is 0 Å². The number of fused-ring (bicyclic) bond motifs is 1. The van der Waals surface area contributed by atoms with Gasteiger partial charge in [-0.2, -0.15) is 0 Å². The number of anilines is 1. The number of aromatic nitrogens is 2. The van der Waals surface area contributed by atoms with E-state index in [1.165, 1.54) is 5.56 Å². The standard InChI is InChI=1S/C22H21N3OS/c1-3-16-9-11-17(12-10-16)20-14-25-19(15-27-22(25)23-20)13-21(26)24(2)18-7-5-4-6-8-18/h4-12,14-15H,3,13H2,1-2H3. The highest BCUT2D eigenvalue weighted by Gasteiger charge is 2.16. The van der Waals surface area contributed by atoms with Crippen molar-refractivity contribution < 1.29 is 4.79 Å². The summed E-state index contributed by atoms with van der Waals surface area (Å²) in [6, 6.07) is 18.2. The number of benzene rings is 2. The molecule has 0 aliphatic carbocycles. The molecule has 4 rings (SSSR count). The lowest BCUT2D eigenvalue weighted by atomic mass is 10.1. The first-order valence-corrected chi connectivity index (χ1v) is 9.90. The monoisotopic (exact) mass is 375 g/mol. The maximum absolute atomic E-state index is 12.7. The van der Waals surface area contributed by atoms with Gasteiger partial charge in [0.25, 0.3) is 0 Å². The summed E-state index contributed by atoms with van der Waals surface area (Å²) < 4.78 is 2.03. The third kappa shape index (κ3) is 3.51. The SMILES string of the molecule is CCc1ccc(-c2cn3c(CC(=O)N(C)c4ccccc4)csc3n2)cc1. The lowest BCUT2D eigenvalue weighted by Gasteiger charge is -2.16. The van der Waals surface area contributed by atoms with Gasteiger partial charge in [-0.25, -0.2) is 4.98 Å². The predicted octanol–water partition coefficient (Wildman–Crippen LogP) is 4.83. The Morgan fingerprint density at radius 2 is 1.85 bits per heavy atom. The van der Waals surface area contributed by atoms with E-state index in [0.29, 0.717) is 6.42 Å². The minimum Gasteiger partial charge on any atom is -0.315 e. The number of aryl methyl sites for hydroxylation is 1. The van der Waals surface area contributed by atoms with Crippen LogP contribution in [0.4, 0.5) is 5.69 Å². The molecule has 0 saturated heterocycles. The van der Waals surface area contributed by atoms with Crippen molar-refractivity contribution in [2.75, 3.05) is 11.9 Å². The van der Waals surface area contributed by atoms with Gasteiger partial charge in [0.15, 0.2) is 4.96 Å². The quantitative estimate of drug-likeness (QED) is 0.501. The van der Waals surface area contributed by atoms with E-state index in [0.717, 1.165) is 34.0 Å². The average molecular weight is 375 g/mol. The molecule has 4 nitrogen and oxygen atoms in total. The van der Waals surface area contributed by atoms with E-state index in [2.05, 4.69) is 31.2 Å². The molecule has 27 heavy (non-hydrogen) atoms. The van der Waals surface area contributed by atoms with Crippen molar-refractivity contribution in [2.45, 2.75) is 19.8 Å². The van der Waals surface area contributed by atoms with Gasteiger partial charge < -0.3 is 4.90 Å². The molecule has 0 bridgehead atoms. The number of nitrogens with zero attached hydrogens (tertiary/aromatic N) is 3. The zero-order chi connectivity index (χ0) is 18.8. The van der Waals surface area contributed by atoms with E-state index in [4.69, 9.17) is 4.98 Å². The second kappa shape index (κ2) is 7.37. The van der Waals surface area contributed by atoms with Gasteiger partial charge in [-0.05, 0) is 24.1 Å². The van der Waals surface area contributed by atoms with Crippen molar-refractivity contribution >= 4 is 27.9 Å². The highest BCUT2D eigenvalue weighted by molar-refractivity contribution is 7.15. The Labute approximate surface area is 162 Å². The van der Waals surface area contributed by atoms with Crippen molar-refractivity contribution in [3.05, 3.63) is 77.4 Å². The van der Waals surface area contributed by atoms with Gasteiger partial charge in [0.2, 0.25) is 5.91 Å². The minimum absolute atomic E-state index is 0.0587. The molecule has 2 aromatic heterocycles. The third-order valence-corrected chi connectivity index (χ3v) is 5.68. The van der Waals surface area contributed by atoms with Crippen LogP contribution in [0.2, 0.25) is 0 Å². The molecule has 0 unspecified atom stereocenters. The average Bonchev–Trinajstić information content (AvgIpc) is 3.30. The number of rotatable bonds is 5. The first-order valence-electron chi connectivity index (χ1n) is 9.02. The van der Waals surface area contributed by atoms with Crippen LogP contribution < -0.4 is 4.90 Å². The molecule has 1 amide bonds. The Hall–Kier alpha value is -2.92. The van der Waals surface area contributed by atoms with Crippen LogP contribution in [0, 0.1) is 0 Å². The smallest absolute Gasteiger partial charge is 0.232 e. The molecule has 0 atom stereocenters. The van der Waals surface area contributed by atoms with Crippen LogP contribution in [-0.4, -0.2) is 22.3 Å². The zero-order valence-corrected chi connectivity index (χ0v) is 16.2. The van der Waals surface area contributed by atoms with Crippen LogP contribution in [0.5, 0.6) is 0 Å². The van der Waals surface area contributed by atoms with Gasteiger partial charge in [0.1, 0.15) is 0 Å². The first-order chi connectivity index (χ1) is 13.2. The fourth-order valence-electron chi connectivity index (χ4n) is 3.08. The number of para-hydroxylation sites is 1. The maximum atomic E-state index is 12.7. The van der Waals surface area contributed by atoms with Crippen molar-refractivity contribution in [2.24, 2.45) is 0 Å². The molecule has 0 saturated carbocycles. The Bertz CT molecular complexity index is 1060. The van der Waals surface area contributed by atoms with Crippen molar-refractivity contribution in [1.82, 2.24) is 9.38 Å². The summed E-state index contributed by atoms with van der Waals surface area (Å²) >= 11 is 1.57. The summed E-state index contributed by atoms with van der Waals surface area (Å²) in [5.41, 5.74) is 5.22. The van der Waals surface area contributed by atoms with Gasteiger partial charge in [0.05, 0.1) is 12.1 Å². The van der Waals surface area contributed by atoms with Crippen LogP contribution >= 0.6 is 11.3 Å². The van der Waals surface area contributed by atoms with Crippen LogP contribution in [0.15, 0.2) is 66.2 Å².